The smallest absolute Gasteiger partial charge is 0.262 e. The van der Waals surface area contributed by atoms with Gasteiger partial charge >= 0.3 is 0 Å². The average Bonchev–Trinajstić information content (AvgIpc) is 2.61. The van der Waals surface area contributed by atoms with E-state index in [-0.39, 0.29) is 11.9 Å². The van der Waals surface area contributed by atoms with Gasteiger partial charge < -0.3 is 5.32 Å². The molecule has 4 heteroatoms. The summed E-state index contributed by atoms with van der Waals surface area (Å²) in [7, 11) is 0. The number of hydrazone groups is 1. The molecule has 0 aliphatic heterocycles. The number of rotatable bonds is 5. The summed E-state index contributed by atoms with van der Waals surface area (Å²) in [5.74, 6) is -0.182. The standard InChI is InChI=1S/C21H21N3O/c1-15-6-5-9-20(12-15)23-16(2)21(25)24-22-14-17-10-11-18-7-3-4-8-19(18)13-17/h3-14,16,23H,1-2H3,(H,24,25)/b22-14+. The number of hydrogen-bond donors (Lipinski definition) is 2. The maximum absolute atomic E-state index is 12.1. The minimum absolute atomic E-state index is 0.182. The Hall–Kier alpha value is -3.14. The Morgan fingerprint density at radius 3 is 2.60 bits per heavy atom. The van der Waals surface area contributed by atoms with Crippen LogP contribution in [0.2, 0.25) is 0 Å². The molecule has 3 aromatic carbocycles. The molecule has 4 nitrogen and oxygen atoms in total. The predicted octanol–water partition coefficient (Wildman–Crippen LogP) is 4.10. The third kappa shape index (κ3) is 4.44. The molecule has 1 amide bonds. The topological polar surface area (TPSA) is 53.5 Å². The molecule has 0 radical (unpaired) electrons. The van der Waals surface area contributed by atoms with Gasteiger partial charge in [0.1, 0.15) is 6.04 Å². The zero-order valence-corrected chi connectivity index (χ0v) is 14.4. The van der Waals surface area contributed by atoms with Crippen molar-refractivity contribution in [2.45, 2.75) is 19.9 Å². The van der Waals surface area contributed by atoms with Crippen LogP contribution in [0.25, 0.3) is 10.8 Å². The monoisotopic (exact) mass is 331 g/mol. The lowest BCUT2D eigenvalue weighted by molar-refractivity contribution is -0.121. The molecule has 126 valence electrons. The van der Waals surface area contributed by atoms with Gasteiger partial charge in [0.2, 0.25) is 0 Å². The van der Waals surface area contributed by atoms with E-state index in [2.05, 4.69) is 28.0 Å². The fraction of sp³-hybridized carbons (Fsp3) is 0.143. The maximum atomic E-state index is 12.1. The Morgan fingerprint density at radius 1 is 1.00 bits per heavy atom. The van der Waals surface area contributed by atoms with E-state index in [0.29, 0.717) is 0 Å². The number of aryl methyl sites for hydroxylation is 1. The van der Waals surface area contributed by atoms with Crippen LogP contribution >= 0.6 is 0 Å². The molecule has 25 heavy (non-hydrogen) atoms. The van der Waals surface area contributed by atoms with E-state index in [4.69, 9.17) is 0 Å². The van der Waals surface area contributed by atoms with Gasteiger partial charge in [-0.15, -0.1) is 0 Å². The van der Waals surface area contributed by atoms with Crippen LogP contribution in [-0.4, -0.2) is 18.2 Å². The van der Waals surface area contributed by atoms with E-state index in [0.717, 1.165) is 22.2 Å². The molecule has 2 N–H and O–H groups in total. The first-order valence-corrected chi connectivity index (χ1v) is 8.27. The fourth-order valence-corrected chi connectivity index (χ4v) is 2.61. The van der Waals surface area contributed by atoms with Crippen LogP contribution < -0.4 is 10.7 Å². The Balaban J connectivity index is 1.59. The van der Waals surface area contributed by atoms with Crippen LogP contribution in [0.5, 0.6) is 0 Å². The molecule has 1 unspecified atom stereocenters. The summed E-state index contributed by atoms with van der Waals surface area (Å²) < 4.78 is 0. The zero-order chi connectivity index (χ0) is 17.6. The number of anilines is 1. The van der Waals surface area contributed by atoms with Crippen LogP contribution in [0.1, 0.15) is 18.1 Å². The Labute approximate surface area is 147 Å². The highest BCUT2D eigenvalue weighted by Gasteiger charge is 2.11. The van der Waals surface area contributed by atoms with Crippen LogP contribution in [0.3, 0.4) is 0 Å². The predicted molar refractivity (Wildman–Crippen MR) is 104 cm³/mol. The molecular weight excluding hydrogens is 310 g/mol. The van der Waals surface area contributed by atoms with Gasteiger partial charge in [0.05, 0.1) is 6.21 Å². The lowest BCUT2D eigenvalue weighted by Gasteiger charge is -2.13. The molecular formula is C21H21N3O. The molecule has 0 bridgehead atoms. The molecule has 0 aliphatic carbocycles. The highest BCUT2D eigenvalue weighted by Crippen LogP contribution is 2.14. The van der Waals surface area contributed by atoms with Crippen LogP contribution in [0.4, 0.5) is 5.69 Å². The van der Waals surface area contributed by atoms with Crippen LogP contribution in [-0.2, 0) is 4.79 Å². The second kappa shape index (κ2) is 7.62. The van der Waals surface area contributed by atoms with E-state index >= 15 is 0 Å². The van der Waals surface area contributed by atoms with Gasteiger partial charge in [0.25, 0.3) is 5.91 Å². The SMILES string of the molecule is Cc1cccc(NC(C)C(=O)N/N=C/c2ccc3ccccc3c2)c1. The van der Waals surface area contributed by atoms with Gasteiger partial charge in [-0.2, -0.15) is 5.10 Å². The molecule has 3 rings (SSSR count). The van der Waals surface area contributed by atoms with E-state index in [1.54, 1.807) is 6.21 Å². The van der Waals surface area contributed by atoms with Crippen molar-refractivity contribution < 1.29 is 4.79 Å². The second-order valence-corrected chi connectivity index (χ2v) is 6.08. The number of carbonyl (C=O) groups is 1. The molecule has 0 aliphatic rings. The van der Waals surface area contributed by atoms with E-state index in [1.165, 1.54) is 5.39 Å². The quantitative estimate of drug-likeness (QED) is 0.546. The van der Waals surface area contributed by atoms with E-state index in [1.807, 2.05) is 68.4 Å². The average molecular weight is 331 g/mol. The first kappa shape index (κ1) is 16.7. The number of amides is 1. The van der Waals surface area contributed by atoms with Crippen molar-refractivity contribution in [3.63, 3.8) is 0 Å². The third-order valence-electron chi connectivity index (χ3n) is 3.96. The molecule has 1 atom stereocenters. The Kier molecular flexibility index (Phi) is 5.09. The maximum Gasteiger partial charge on any atom is 0.262 e. The van der Waals surface area contributed by atoms with Crippen LogP contribution in [0, 0.1) is 6.92 Å². The molecule has 0 spiro atoms. The van der Waals surface area contributed by atoms with Gasteiger partial charge in [0, 0.05) is 5.69 Å². The summed E-state index contributed by atoms with van der Waals surface area (Å²) >= 11 is 0. The van der Waals surface area contributed by atoms with Crippen molar-refractivity contribution in [2.24, 2.45) is 5.10 Å². The van der Waals surface area contributed by atoms with Crippen molar-refractivity contribution in [3.05, 3.63) is 77.9 Å². The summed E-state index contributed by atoms with van der Waals surface area (Å²) in [6.45, 7) is 3.83. The number of benzene rings is 3. The minimum Gasteiger partial charge on any atom is -0.374 e. The van der Waals surface area contributed by atoms with Gasteiger partial charge in [0.15, 0.2) is 0 Å². The Morgan fingerprint density at radius 2 is 1.80 bits per heavy atom. The van der Waals surface area contributed by atoms with Crippen molar-refractivity contribution in [1.29, 1.82) is 0 Å². The summed E-state index contributed by atoms with van der Waals surface area (Å²) in [4.78, 5) is 12.1. The van der Waals surface area contributed by atoms with Gasteiger partial charge in [-0.25, -0.2) is 5.43 Å². The summed E-state index contributed by atoms with van der Waals surface area (Å²) in [6.07, 6.45) is 1.66. The van der Waals surface area contributed by atoms with Crippen molar-refractivity contribution in [2.75, 3.05) is 5.32 Å². The fourth-order valence-electron chi connectivity index (χ4n) is 2.61. The molecule has 0 saturated heterocycles. The van der Waals surface area contributed by atoms with Crippen molar-refractivity contribution in [1.82, 2.24) is 5.43 Å². The largest absolute Gasteiger partial charge is 0.374 e. The molecule has 0 aromatic heterocycles. The first-order chi connectivity index (χ1) is 12.1. The number of nitrogens with zero attached hydrogens (tertiary/aromatic N) is 1. The molecule has 0 saturated carbocycles. The van der Waals surface area contributed by atoms with Gasteiger partial charge in [-0.05, 0) is 53.9 Å². The minimum atomic E-state index is -0.379. The summed E-state index contributed by atoms with van der Waals surface area (Å²) in [5.41, 5.74) is 5.59. The molecule has 3 aromatic rings. The first-order valence-electron chi connectivity index (χ1n) is 8.27. The highest BCUT2D eigenvalue weighted by atomic mass is 16.2. The normalized spacial score (nSPS) is 12.2. The summed E-state index contributed by atoms with van der Waals surface area (Å²) in [6, 6.07) is 21.7. The van der Waals surface area contributed by atoms with Gasteiger partial charge in [-0.1, -0.05) is 48.5 Å². The number of hydrogen-bond acceptors (Lipinski definition) is 3. The van der Waals surface area contributed by atoms with Crippen molar-refractivity contribution >= 4 is 28.6 Å². The second-order valence-electron chi connectivity index (χ2n) is 6.08. The zero-order valence-electron chi connectivity index (χ0n) is 14.4. The van der Waals surface area contributed by atoms with E-state index < -0.39 is 0 Å². The lowest BCUT2D eigenvalue weighted by atomic mass is 10.1. The van der Waals surface area contributed by atoms with Crippen molar-refractivity contribution in [3.8, 4) is 0 Å². The Bertz CT molecular complexity index is 918. The number of nitrogens with one attached hydrogen (secondary N) is 2. The third-order valence-corrected chi connectivity index (χ3v) is 3.96. The number of fused-ring (bicyclic) bond motifs is 1. The summed E-state index contributed by atoms with van der Waals surface area (Å²) in [5, 5.41) is 9.56. The van der Waals surface area contributed by atoms with Gasteiger partial charge in [-0.3, -0.25) is 4.79 Å². The highest BCUT2D eigenvalue weighted by molar-refractivity contribution is 5.91. The van der Waals surface area contributed by atoms with E-state index in [9.17, 15) is 4.79 Å². The number of carbonyl (C=O) groups excluding carboxylic acids is 1. The van der Waals surface area contributed by atoms with Crippen LogP contribution in [0.15, 0.2) is 71.8 Å². The lowest BCUT2D eigenvalue weighted by Crippen LogP contribution is -2.34. The molecule has 0 fully saturated rings. The molecule has 0 heterocycles.